The fourth-order valence-electron chi connectivity index (χ4n) is 1.92. The molecular formula is C11H20Cl2N4. The molecule has 0 spiro atoms. The molecule has 1 aromatic rings. The van der Waals surface area contributed by atoms with Crippen molar-refractivity contribution in [3.63, 3.8) is 0 Å². The summed E-state index contributed by atoms with van der Waals surface area (Å²) in [6.45, 7) is 2.21. The highest BCUT2D eigenvalue weighted by Gasteiger charge is 2.16. The minimum Gasteiger partial charge on any atom is -0.347 e. The summed E-state index contributed by atoms with van der Waals surface area (Å²) in [7, 11) is 3.95. The van der Waals surface area contributed by atoms with E-state index in [1.807, 2.05) is 31.3 Å². The molecule has 0 aromatic carbocycles. The third-order valence-corrected chi connectivity index (χ3v) is 2.82. The lowest BCUT2D eigenvalue weighted by Crippen LogP contribution is -2.27. The molecule has 4 nitrogen and oxygen atoms in total. The van der Waals surface area contributed by atoms with E-state index in [1.165, 1.54) is 18.5 Å². The lowest BCUT2D eigenvalue weighted by atomic mass is 9.94. The van der Waals surface area contributed by atoms with Crippen molar-refractivity contribution in [1.82, 2.24) is 15.3 Å². The molecule has 17 heavy (non-hydrogen) atoms. The van der Waals surface area contributed by atoms with E-state index in [-0.39, 0.29) is 24.8 Å². The molecule has 2 heterocycles. The van der Waals surface area contributed by atoms with Gasteiger partial charge in [-0.15, -0.1) is 24.8 Å². The monoisotopic (exact) mass is 278 g/mol. The summed E-state index contributed by atoms with van der Waals surface area (Å²) in [4.78, 5) is 10.8. The fraction of sp³-hybridized carbons (Fsp3) is 0.636. The van der Waals surface area contributed by atoms with Gasteiger partial charge in [-0.2, -0.15) is 0 Å². The number of hydrogen-bond acceptors (Lipinski definition) is 4. The molecule has 0 unspecified atom stereocenters. The molecule has 0 amide bonds. The summed E-state index contributed by atoms with van der Waals surface area (Å²) in [5.74, 6) is 1.42. The van der Waals surface area contributed by atoms with Gasteiger partial charge in [-0.05, 0) is 32.0 Å². The van der Waals surface area contributed by atoms with E-state index in [4.69, 9.17) is 0 Å². The van der Waals surface area contributed by atoms with E-state index in [9.17, 15) is 0 Å². The first-order valence-electron chi connectivity index (χ1n) is 5.48. The molecule has 0 saturated carbocycles. The van der Waals surface area contributed by atoms with Crippen LogP contribution in [0.15, 0.2) is 12.3 Å². The Morgan fingerprint density at radius 1 is 1.24 bits per heavy atom. The molecule has 0 bridgehead atoms. The van der Waals surface area contributed by atoms with Crippen LogP contribution in [0.3, 0.4) is 0 Å². The highest BCUT2D eigenvalue weighted by atomic mass is 35.5. The summed E-state index contributed by atoms with van der Waals surface area (Å²) in [6.07, 6.45) is 4.23. The first kappa shape index (κ1) is 16.4. The van der Waals surface area contributed by atoms with E-state index in [0.717, 1.165) is 19.0 Å². The second-order valence-corrected chi connectivity index (χ2v) is 4.20. The van der Waals surface area contributed by atoms with Gasteiger partial charge in [-0.25, -0.2) is 9.97 Å². The first-order chi connectivity index (χ1) is 7.27. The Kier molecular flexibility index (Phi) is 7.43. The molecule has 1 N–H and O–H groups in total. The van der Waals surface area contributed by atoms with Crippen molar-refractivity contribution in [2.75, 3.05) is 32.1 Å². The zero-order valence-electron chi connectivity index (χ0n) is 10.2. The Hall–Kier alpha value is -0.580. The van der Waals surface area contributed by atoms with Gasteiger partial charge in [-0.1, -0.05) is 0 Å². The molecule has 1 aromatic heterocycles. The summed E-state index contributed by atoms with van der Waals surface area (Å²) in [5, 5.41) is 3.37. The Balaban J connectivity index is 0.00000128. The van der Waals surface area contributed by atoms with Gasteiger partial charge in [0.25, 0.3) is 0 Å². The minimum absolute atomic E-state index is 0. The molecule has 98 valence electrons. The second-order valence-electron chi connectivity index (χ2n) is 4.20. The first-order valence-corrected chi connectivity index (χ1v) is 5.48. The summed E-state index contributed by atoms with van der Waals surface area (Å²) in [6, 6.07) is 2.04. The van der Waals surface area contributed by atoms with Crippen molar-refractivity contribution in [2.24, 2.45) is 0 Å². The van der Waals surface area contributed by atoms with Gasteiger partial charge >= 0.3 is 0 Å². The lowest BCUT2D eigenvalue weighted by Gasteiger charge is -2.22. The summed E-state index contributed by atoms with van der Waals surface area (Å²) < 4.78 is 0. The van der Waals surface area contributed by atoms with Crippen LogP contribution in [0.4, 0.5) is 5.95 Å². The van der Waals surface area contributed by atoms with Gasteiger partial charge in [0.15, 0.2) is 0 Å². The van der Waals surface area contributed by atoms with Gasteiger partial charge in [0.05, 0.1) is 0 Å². The average molecular weight is 279 g/mol. The van der Waals surface area contributed by atoms with Gasteiger partial charge in [0, 0.05) is 31.9 Å². The number of nitrogens with one attached hydrogen (secondary N) is 1. The van der Waals surface area contributed by atoms with E-state index in [0.29, 0.717) is 5.92 Å². The maximum Gasteiger partial charge on any atom is 0.224 e. The summed E-state index contributed by atoms with van der Waals surface area (Å²) in [5.41, 5.74) is 1.19. The van der Waals surface area contributed by atoms with Crippen LogP contribution >= 0.6 is 24.8 Å². The fourth-order valence-corrected chi connectivity index (χ4v) is 1.92. The predicted molar refractivity (Wildman–Crippen MR) is 75.7 cm³/mol. The molecule has 0 atom stereocenters. The van der Waals surface area contributed by atoms with E-state index in [2.05, 4.69) is 15.3 Å². The zero-order valence-corrected chi connectivity index (χ0v) is 11.9. The van der Waals surface area contributed by atoms with Crippen LogP contribution in [0.25, 0.3) is 0 Å². The Labute approximate surface area is 115 Å². The number of halogens is 2. The molecule has 6 heteroatoms. The van der Waals surface area contributed by atoms with E-state index >= 15 is 0 Å². The van der Waals surface area contributed by atoms with Gasteiger partial charge in [0.1, 0.15) is 0 Å². The predicted octanol–water partition coefficient (Wildman–Crippen LogP) is 1.85. The summed E-state index contributed by atoms with van der Waals surface area (Å²) >= 11 is 0. The van der Waals surface area contributed by atoms with Crippen LogP contribution in [0, 0.1) is 0 Å². The molecule has 1 aliphatic heterocycles. The van der Waals surface area contributed by atoms with Crippen molar-refractivity contribution in [1.29, 1.82) is 0 Å². The van der Waals surface area contributed by atoms with Crippen molar-refractivity contribution >= 4 is 30.8 Å². The number of hydrogen-bond donors (Lipinski definition) is 1. The third-order valence-electron chi connectivity index (χ3n) is 2.82. The van der Waals surface area contributed by atoms with E-state index < -0.39 is 0 Å². The highest BCUT2D eigenvalue weighted by Crippen LogP contribution is 2.23. The number of aromatic nitrogens is 2. The lowest BCUT2D eigenvalue weighted by molar-refractivity contribution is 0.453. The topological polar surface area (TPSA) is 41.1 Å². The largest absolute Gasteiger partial charge is 0.347 e. The molecule has 2 rings (SSSR count). The normalized spacial score (nSPS) is 15.6. The van der Waals surface area contributed by atoms with Crippen LogP contribution in [0.5, 0.6) is 0 Å². The maximum atomic E-state index is 4.58. The molecule has 1 aliphatic rings. The van der Waals surface area contributed by atoms with Gasteiger partial charge < -0.3 is 10.2 Å². The minimum atomic E-state index is 0. The Bertz CT molecular complexity index is 327. The smallest absolute Gasteiger partial charge is 0.224 e. The van der Waals surface area contributed by atoms with E-state index in [1.54, 1.807) is 0 Å². The van der Waals surface area contributed by atoms with Gasteiger partial charge in [-0.3, -0.25) is 0 Å². The SMILES string of the molecule is CN(C)c1nccc(C2CCNCC2)n1.Cl.Cl. The Morgan fingerprint density at radius 2 is 1.88 bits per heavy atom. The quantitative estimate of drug-likeness (QED) is 0.897. The third kappa shape index (κ3) is 4.30. The van der Waals surface area contributed by atoms with Crippen LogP contribution in [0.2, 0.25) is 0 Å². The van der Waals surface area contributed by atoms with Crippen molar-refractivity contribution in [2.45, 2.75) is 18.8 Å². The molecule has 0 aliphatic carbocycles. The highest BCUT2D eigenvalue weighted by molar-refractivity contribution is 5.85. The van der Waals surface area contributed by atoms with Crippen LogP contribution in [-0.2, 0) is 0 Å². The van der Waals surface area contributed by atoms with Crippen molar-refractivity contribution in [3.8, 4) is 0 Å². The standard InChI is InChI=1S/C11H18N4.2ClH/c1-15(2)11-13-8-5-10(14-11)9-3-6-12-7-4-9;;/h5,8-9,12H,3-4,6-7H2,1-2H3;2*1H. The molecule has 0 radical (unpaired) electrons. The van der Waals surface area contributed by atoms with Crippen LogP contribution < -0.4 is 10.2 Å². The number of rotatable bonds is 2. The zero-order chi connectivity index (χ0) is 10.7. The number of nitrogens with zero attached hydrogens (tertiary/aromatic N) is 3. The molecule has 1 fully saturated rings. The number of piperidine rings is 1. The van der Waals surface area contributed by atoms with Crippen molar-refractivity contribution < 1.29 is 0 Å². The van der Waals surface area contributed by atoms with Crippen LogP contribution in [-0.4, -0.2) is 37.2 Å². The molecule has 1 saturated heterocycles. The second kappa shape index (κ2) is 7.69. The maximum absolute atomic E-state index is 4.58. The Morgan fingerprint density at radius 3 is 2.47 bits per heavy atom. The molecular weight excluding hydrogens is 259 g/mol. The van der Waals surface area contributed by atoms with Crippen molar-refractivity contribution in [3.05, 3.63) is 18.0 Å². The van der Waals surface area contributed by atoms with Crippen LogP contribution in [0.1, 0.15) is 24.5 Å². The number of anilines is 1. The van der Waals surface area contributed by atoms with Gasteiger partial charge in [0.2, 0.25) is 5.95 Å². The average Bonchev–Trinajstić information content (AvgIpc) is 2.30.